The number of aromatic nitrogens is 1. The molecule has 0 aliphatic carbocycles. The molecule has 0 atom stereocenters. The van der Waals surface area contributed by atoms with Crippen molar-refractivity contribution in [2.75, 3.05) is 58.9 Å². The van der Waals surface area contributed by atoms with E-state index in [-0.39, 0.29) is 24.0 Å². The SMILES string of the molecule is CCNC(=NCCc1ncc(C)s1)N1CCN(CC(=O)N2CCCC2)CC1.I. The van der Waals surface area contributed by atoms with Crippen LogP contribution in [0.1, 0.15) is 29.7 Å². The highest BCUT2D eigenvalue weighted by molar-refractivity contribution is 14.0. The molecule has 2 fully saturated rings. The maximum absolute atomic E-state index is 12.3. The van der Waals surface area contributed by atoms with Gasteiger partial charge in [-0.1, -0.05) is 0 Å². The smallest absolute Gasteiger partial charge is 0.236 e. The van der Waals surface area contributed by atoms with E-state index in [1.807, 2.05) is 11.1 Å². The van der Waals surface area contributed by atoms with Crippen molar-refractivity contribution in [1.29, 1.82) is 0 Å². The van der Waals surface area contributed by atoms with Crippen molar-refractivity contribution < 1.29 is 4.79 Å². The summed E-state index contributed by atoms with van der Waals surface area (Å²) >= 11 is 1.75. The lowest BCUT2D eigenvalue weighted by Gasteiger charge is -2.36. The molecule has 0 unspecified atom stereocenters. The first-order valence-corrected chi connectivity index (χ1v) is 10.9. The Morgan fingerprint density at radius 2 is 1.89 bits per heavy atom. The van der Waals surface area contributed by atoms with Gasteiger partial charge in [-0.3, -0.25) is 14.7 Å². The lowest BCUT2D eigenvalue weighted by molar-refractivity contribution is -0.131. The van der Waals surface area contributed by atoms with Gasteiger partial charge in [0, 0.05) is 69.9 Å². The van der Waals surface area contributed by atoms with Gasteiger partial charge in [-0.15, -0.1) is 35.3 Å². The summed E-state index contributed by atoms with van der Waals surface area (Å²) in [4.78, 5) is 29.4. The molecular weight excluding hydrogens is 487 g/mol. The van der Waals surface area contributed by atoms with E-state index in [0.717, 1.165) is 82.6 Å². The Kier molecular flexibility index (Phi) is 9.93. The summed E-state index contributed by atoms with van der Waals surface area (Å²) in [5.74, 6) is 1.27. The standard InChI is InChI=1S/C19H32N6OS.HI/c1-3-20-19(21-7-6-17-22-14-16(2)27-17)25-12-10-23(11-13-25)15-18(26)24-8-4-5-9-24;/h14H,3-13,15H2,1-2H3,(H,20,21);1H. The normalized spacial score (nSPS) is 18.3. The molecule has 0 bridgehead atoms. The summed E-state index contributed by atoms with van der Waals surface area (Å²) < 4.78 is 0. The van der Waals surface area contributed by atoms with Gasteiger partial charge in [0.05, 0.1) is 11.6 Å². The van der Waals surface area contributed by atoms with Crippen LogP contribution in [-0.2, 0) is 11.2 Å². The zero-order valence-corrected chi connectivity index (χ0v) is 20.2. The van der Waals surface area contributed by atoms with Gasteiger partial charge in [0.2, 0.25) is 5.91 Å². The van der Waals surface area contributed by atoms with E-state index < -0.39 is 0 Å². The second-order valence-electron chi connectivity index (χ2n) is 7.20. The van der Waals surface area contributed by atoms with E-state index in [4.69, 9.17) is 4.99 Å². The fourth-order valence-electron chi connectivity index (χ4n) is 3.58. The summed E-state index contributed by atoms with van der Waals surface area (Å²) in [6.07, 6.45) is 5.13. The van der Waals surface area contributed by atoms with Crippen molar-refractivity contribution in [3.05, 3.63) is 16.1 Å². The van der Waals surface area contributed by atoms with Crippen LogP contribution < -0.4 is 5.32 Å². The number of aliphatic imine (C=N–C) groups is 1. The minimum absolute atomic E-state index is 0. The fourth-order valence-corrected chi connectivity index (χ4v) is 4.35. The lowest BCUT2D eigenvalue weighted by atomic mass is 10.3. The summed E-state index contributed by atoms with van der Waals surface area (Å²) in [5.41, 5.74) is 0. The Balaban J connectivity index is 0.00000280. The average Bonchev–Trinajstić information content (AvgIpc) is 3.34. The number of hydrogen-bond donors (Lipinski definition) is 1. The van der Waals surface area contributed by atoms with Crippen LogP contribution in [0, 0.1) is 6.92 Å². The number of halogens is 1. The van der Waals surface area contributed by atoms with Crippen LogP contribution in [0.4, 0.5) is 0 Å². The third-order valence-corrected chi connectivity index (χ3v) is 6.05. The van der Waals surface area contributed by atoms with E-state index in [1.165, 1.54) is 4.88 Å². The van der Waals surface area contributed by atoms with Crippen molar-refractivity contribution in [3.63, 3.8) is 0 Å². The van der Waals surface area contributed by atoms with Gasteiger partial charge in [-0.25, -0.2) is 4.98 Å². The van der Waals surface area contributed by atoms with Crippen LogP contribution in [0.15, 0.2) is 11.2 Å². The highest BCUT2D eigenvalue weighted by atomic mass is 127. The summed E-state index contributed by atoms with van der Waals surface area (Å²) in [6, 6.07) is 0. The van der Waals surface area contributed by atoms with Gasteiger partial charge in [0.15, 0.2) is 5.96 Å². The van der Waals surface area contributed by atoms with E-state index in [0.29, 0.717) is 12.5 Å². The van der Waals surface area contributed by atoms with E-state index in [1.54, 1.807) is 11.3 Å². The molecule has 3 rings (SSSR count). The highest BCUT2D eigenvalue weighted by Gasteiger charge is 2.24. The number of nitrogens with zero attached hydrogens (tertiary/aromatic N) is 5. The number of carbonyl (C=O) groups excluding carboxylic acids is 1. The number of amides is 1. The van der Waals surface area contributed by atoms with Crippen LogP contribution in [0.5, 0.6) is 0 Å². The molecule has 2 aliphatic heterocycles. The van der Waals surface area contributed by atoms with Crippen molar-refractivity contribution in [2.45, 2.75) is 33.1 Å². The van der Waals surface area contributed by atoms with E-state index in [9.17, 15) is 4.79 Å². The molecular formula is C19H33IN6OS. The van der Waals surface area contributed by atoms with Gasteiger partial charge >= 0.3 is 0 Å². The third kappa shape index (κ3) is 6.84. The number of aryl methyl sites for hydroxylation is 1. The molecule has 2 aliphatic rings. The van der Waals surface area contributed by atoms with Crippen LogP contribution in [0.3, 0.4) is 0 Å². The van der Waals surface area contributed by atoms with Crippen molar-refractivity contribution in [2.24, 2.45) is 4.99 Å². The Bertz CT molecular complexity index is 638. The van der Waals surface area contributed by atoms with Gasteiger partial charge in [-0.2, -0.15) is 0 Å². The molecule has 1 aromatic rings. The zero-order chi connectivity index (χ0) is 19.1. The average molecular weight is 520 g/mol. The molecule has 7 nitrogen and oxygen atoms in total. The number of carbonyl (C=O) groups is 1. The number of rotatable bonds is 6. The molecule has 1 aromatic heterocycles. The Hall–Kier alpha value is -0.940. The molecule has 28 heavy (non-hydrogen) atoms. The van der Waals surface area contributed by atoms with E-state index in [2.05, 4.69) is 33.9 Å². The van der Waals surface area contributed by atoms with Crippen LogP contribution >= 0.6 is 35.3 Å². The maximum atomic E-state index is 12.3. The van der Waals surface area contributed by atoms with Crippen LogP contribution in [0.25, 0.3) is 0 Å². The molecule has 0 radical (unpaired) electrons. The molecule has 2 saturated heterocycles. The fraction of sp³-hybridized carbons (Fsp3) is 0.737. The molecule has 0 aromatic carbocycles. The first-order valence-electron chi connectivity index (χ1n) is 10.1. The van der Waals surface area contributed by atoms with Gasteiger partial charge in [-0.05, 0) is 26.7 Å². The molecule has 0 saturated carbocycles. The first kappa shape index (κ1) is 23.3. The minimum atomic E-state index is 0. The highest BCUT2D eigenvalue weighted by Crippen LogP contribution is 2.12. The van der Waals surface area contributed by atoms with Crippen LogP contribution in [0.2, 0.25) is 0 Å². The van der Waals surface area contributed by atoms with Crippen molar-refractivity contribution in [3.8, 4) is 0 Å². The topological polar surface area (TPSA) is 64.1 Å². The summed E-state index contributed by atoms with van der Waals surface area (Å²) in [6.45, 7) is 11.9. The monoisotopic (exact) mass is 520 g/mol. The maximum Gasteiger partial charge on any atom is 0.236 e. The minimum Gasteiger partial charge on any atom is -0.357 e. The molecule has 1 amide bonds. The summed E-state index contributed by atoms with van der Waals surface area (Å²) in [7, 11) is 0. The molecule has 0 spiro atoms. The number of hydrogen-bond acceptors (Lipinski definition) is 5. The van der Waals surface area contributed by atoms with Gasteiger partial charge in [0.25, 0.3) is 0 Å². The van der Waals surface area contributed by atoms with Gasteiger partial charge in [0.1, 0.15) is 0 Å². The van der Waals surface area contributed by atoms with Crippen molar-refractivity contribution in [1.82, 2.24) is 25.0 Å². The predicted molar refractivity (Wildman–Crippen MR) is 126 cm³/mol. The molecule has 3 heterocycles. The number of likely N-dealkylation sites (tertiary alicyclic amines) is 1. The molecule has 1 N–H and O–H groups in total. The Morgan fingerprint density at radius 3 is 2.50 bits per heavy atom. The predicted octanol–water partition coefficient (Wildman–Crippen LogP) is 1.82. The first-order chi connectivity index (χ1) is 13.2. The quantitative estimate of drug-likeness (QED) is 0.352. The molecule has 9 heteroatoms. The Morgan fingerprint density at radius 1 is 1.18 bits per heavy atom. The second kappa shape index (κ2) is 11.9. The third-order valence-electron chi connectivity index (χ3n) is 5.08. The number of nitrogens with one attached hydrogen (secondary N) is 1. The largest absolute Gasteiger partial charge is 0.357 e. The summed E-state index contributed by atoms with van der Waals surface area (Å²) in [5, 5.41) is 4.56. The van der Waals surface area contributed by atoms with Gasteiger partial charge < -0.3 is 15.1 Å². The molecule has 158 valence electrons. The Labute approximate surface area is 189 Å². The lowest BCUT2D eigenvalue weighted by Crippen LogP contribution is -2.54. The number of guanidine groups is 1. The van der Waals surface area contributed by atoms with Crippen molar-refractivity contribution >= 4 is 47.2 Å². The van der Waals surface area contributed by atoms with E-state index >= 15 is 0 Å². The number of thiazole rings is 1. The van der Waals surface area contributed by atoms with Crippen LogP contribution in [-0.4, -0.2) is 90.5 Å². The zero-order valence-electron chi connectivity index (χ0n) is 17.0. The number of piperazine rings is 1. The second-order valence-corrected chi connectivity index (χ2v) is 8.52.